The number of hydrogen-bond acceptors (Lipinski definition) is 2. The van der Waals surface area contributed by atoms with Gasteiger partial charge in [-0.05, 0) is 40.9 Å². The molecule has 3 heteroatoms. The van der Waals surface area contributed by atoms with Gasteiger partial charge in [0.05, 0.1) is 0 Å². The summed E-state index contributed by atoms with van der Waals surface area (Å²) in [6.07, 6.45) is 4.78. The van der Waals surface area contributed by atoms with Crippen LogP contribution in [0.25, 0.3) is 11.1 Å². The van der Waals surface area contributed by atoms with E-state index < -0.39 is 7.12 Å². The van der Waals surface area contributed by atoms with Crippen LogP contribution in [-0.2, 0) is 0 Å². The van der Waals surface area contributed by atoms with Gasteiger partial charge in [0, 0.05) is 0 Å². The summed E-state index contributed by atoms with van der Waals surface area (Å²) in [5, 5.41) is 19.7. The second-order valence-electron chi connectivity index (χ2n) is 5.53. The third kappa shape index (κ3) is 2.51. The molecule has 0 unspecified atom stereocenters. The Bertz CT molecular complexity index is 575. The van der Waals surface area contributed by atoms with Crippen LogP contribution in [0.2, 0.25) is 0 Å². The Balaban J connectivity index is 2.12. The van der Waals surface area contributed by atoms with Gasteiger partial charge >= 0.3 is 7.12 Å². The lowest BCUT2D eigenvalue weighted by Gasteiger charge is -2.19. The average molecular weight is 266 g/mol. The molecule has 1 saturated carbocycles. The molecule has 0 spiro atoms. The summed E-state index contributed by atoms with van der Waals surface area (Å²) in [5.74, 6) is 0.468. The molecule has 0 radical (unpaired) electrons. The maximum absolute atomic E-state index is 9.86. The first-order valence-electron chi connectivity index (χ1n) is 7.31. The third-order valence-electron chi connectivity index (χ3n) is 4.28. The van der Waals surface area contributed by atoms with Crippen molar-refractivity contribution in [2.24, 2.45) is 0 Å². The van der Waals surface area contributed by atoms with Gasteiger partial charge in [-0.25, -0.2) is 0 Å². The fraction of sp³-hybridized carbons (Fsp3) is 0.294. The molecule has 1 aliphatic rings. The fourth-order valence-electron chi connectivity index (χ4n) is 3.33. The summed E-state index contributed by atoms with van der Waals surface area (Å²) in [4.78, 5) is 0. The molecule has 0 amide bonds. The topological polar surface area (TPSA) is 40.5 Å². The van der Waals surface area contributed by atoms with E-state index in [1.54, 1.807) is 0 Å². The predicted molar refractivity (Wildman–Crippen MR) is 82.9 cm³/mol. The van der Waals surface area contributed by atoms with Gasteiger partial charge in [-0.1, -0.05) is 61.4 Å². The van der Waals surface area contributed by atoms with Crippen LogP contribution < -0.4 is 5.46 Å². The second kappa shape index (κ2) is 5.82. The van der Waals surface area contributed by atoms with Crippen molar-refractivity contribution in [3.8, 4) is 11.1 Å². The SMILES string of the molecule is OB(O)c1c(-c2ccccc2)cccc1C1CCCC1. The highest BCUT2D eigenvalue weighted by Gasteiger charge is 2.27. The van der Waals surface area contributed by atoms with Crippen molar-refractivity contribution < 1.29 is 10.0 Å². The quantitative estimate of drug-likeness (QED) is 0.838. The Labute approximate surface area is 120 Å². The van der Waals surface area contributed by atoms with Crippen LogP contribution in [0.15, 0.2) is 48.5 Å². The van der Waals surface area contributed by atoms with Crippen molar-refractivity contribution in [2.45, 2.75) is 31.6 Å². The van der Waals surface area contributed by atoms with Crippen LogP contribution >= 0.6 is 0 Å². The summed E-state index contributed by atoms with van der Waals surface area (Å²) in [5.41, 5.74) is 3.77. The molecule has 102 valence electrons. The van der Waals surface area contributed by atoms with Crippen LogP contribution in [-0.4, -0.2) is 17.2 Å². The number of hydrogen-bond donors (Lipinski definition) is 2. The third-order valence-corrected chi connectivity index (χ3v) is 4.28. The Morgan fingerprint density at radius 3 is 2.20 bits per heavy atom. The zero-order valence-electron chi connectivity index (χ0n) is 11.5. The van der Waals surface area contributed by atoms with E-state index in [-0.39, 0.29) is 0 Å². The Hall–Kier alpha value is -1.58. The highest BCUT2D eigenvalue weighted by Crippen LogP contribution is 2.34. The van der Waals surface area contributed by atoms with Crippen LogP contribution in [0, 0.1) is 0 Å². The molecule has 0 heterocycles. The van der Waals surface area contributed by atoms with Crippen LogP contribution in [0.3, 0.4) is 0 Å². The van der Waals surface area contributed by atoms with Crippen molar-refractivity contribution in [1.82, 2.24) is 0 Å². The lowest BCUT2D eigenvalue weighted by Crippen LogP contribution is -2.35. The molecule has 2 N–H and O–H groups in total. The van der Waals surface area contributed by atoms with E-state index >= 15 is 0 Å². The van der Waals surface area contributed by atoms with E-state index in [1.165, 1.54) is 12.8 Å². The molecule has 1 fully saturated rings. The van der Waals surface area contributed by atoms with Crippen molar-refractivity contribution in [2.75, 3.05) is 0 Å². The molecule has 1 aliphatic carbocycles. The first kappa shape index (κ1) is 13.4. The van der Waals surface area contributed by atoms with Gasteiger partial charge in [-0.3, -0.25) is 0 Å². The molecule has 2 aromatic rings. The number of rotatable bonds is 3. The molecule has 2 aromatic carbocycles. The van der Waals surface area contributed by atoms with Crippen molar-refractivity contribution in [3.63, 3.8) is 0 Å². The summed E-state index contributed by atoms with van der Waals surface area (Å²) in [6.45, 7) is 0. The summed E-state index contributed by atoms with van der Waals surface area (Å²) in [7, 11) is -1.41. The lowest BCUT2D eigenvalue weighted by molar-refractivity contribution is 0.425. The van der Waals surface area contributed by atoms with E-state index in [4.69, 9.17) is 0 Å². The largest absolute Gasteiger partial charge is 0.489 e. The molecule has 0 aliphatic heterocycles. The van der Waals surface area contributed by atoms with Gasteiger partial charge in [-0.15, -0.1) is 0 Å². The molecular weight excluding hydrogens is 247 g/mol. The van der Waals surface area contributed by atoms with Crippen LogP contribution in [0.5, 0.6) is 0 Å². The maximum Gasteiger partial charge on any atom is 0.489 e. The van der Waals surface area contributed by atoms with Gasteiger partial charge in [0.15, 0.2) is 0 Å². The second-order valence-corrected chi connectivity index (χ2v) is 5.53. The van der Waals surface area contributed by atoms with Crippen molar-refractivity contribution in [3.05, 3.63) is 54.1 Å². The van der Waals surface area contributed by atoms with E-state index in [9.17, 15) is 10.0 Å². The van der Waals surface area contributed by atoms with E-state index in [0.29, 0.717) is 11.4 Å². The highest BCUT2D eigenvalue weighted by atomic mass is 16.4. The summed E-state index contributed by atoms with van der Waals surface area (Å²) >= 11 is 0. The lowest BCUT2D eigenvalue weighted by atomic mass is 9.69. The van der Waals surface area contributed by atoms with Gasteiger partial charge in [-0.2, -0.15) is 0 Å². The monoisotopic (exact) mass is 266 g/mol. The summed E-state index contributed by atoms with van der Waals surface area (Å²) in [6, 6.07) is 16.0. The van der Waals surface area contributed by atoms with E-state index in [0.717, 1.165) is 29.5 Å². The van der Waals surface area contributed by atoms with Gasteiger partial charge in [0.25, 0.3) is 0 Å². The minimum Gasteiger partial charge on any atom is -0.423 e. The summed E-state index contributed by atoms with van der Waals surface area (Å²) < 4.78 is 0. The van der Waals surface area contributed by atoms with E-state index in [1.807, 2.05) is 42.5 Å². The molecule has 0 atom stereocenters. The maximum atomic E-state index is 9.86. The molecule has 2 nitrogen and oxygen atoms in total. The first-order valence-corrected chi connectivity index (χ1v) is 7.31. The first-order chi connectivity index (χ1) is 9.77. The molecule has 0 saturated heterocycles. The predicted octanol–water partition coefficient (Wildman–Crippen LogP) is 2.69. The standard InChI is InChI=1S/C17H19BO2/c19-18(20)17-15(13-7-2-1-3-8-13)11-6-12-16(17)14-9-4-5-10-14/h1-3,6-8,11-12,14,19-20H,4-5,9-10H2. The smallest absolute Gasteiger partial charge is 0.423 e. The molecule has 20 heavy (non-hydrogen) atoms. The molecule has 0 bridgehead atoms. The molecule has 0 aromatic heterocycles. The van der Waals surface area contributed by atoms with E-state index in [2.05, 4.69) is 6.07 Å². The molecule has 3 rings (SSSR count). The van der Waals surface area contributed by atoms with Crippen LogP contribution in [0.4, 0.5) is 0 Å². The highest BCUT2D eigenvalue weighted by molar-refractivity contribution is 6.61. The zero-order valence-corrected chi connectivity index (χ0v) is 11.5. The van der Waals surface area contributed by atoms with Crippen LogP contribution in [0.1, 0.15) is 37.2 Å². The van der Waals surface area contributed by atoms with Crippen molar-refractivity contribution >= 4 is 12.6 Å². The minimum atomic E-state index is -1.41. The van der Waals surface area contributed by atoms with Gasteiger partial charge in [0.1, 0.15) is 0 Å². The molecular formula is C17H19BO2. The Morgan fingerprint density at radius 1 is 0.850 bits per heavy atom. The Morgan fingerprint density at radius 2 is 1.55 bits per heavy atom. The van der Waals surface area contributed by atoms with Gasteiger partial charge in [0.2, 0.25) is 0 Å². The van der Waals surface area contributed by atoms with Crippen molar-refractivity contribution in [1.29, 1.82) is 0 Å². The van der Waals surface area contributed by atoms with Gasteiger partial charge < -0.3 is 10.0 Å². The zero-order chi connectivity index (χ0) is 13.9. The fourth-order valence-corrected chi connectivity index (χ4v) is 3.33. The normalized spacial score (nSPS) is 15.5. The average Bonchev–Trinajstić information content (AvgIpc) is 3.01. The number of benzene rings is 2. The minimum absolute atomic E-state index is 0.468. The Kier molecular flexibility index (Phi) is 3.90.